The molecular formula is C20H22N2O3. The highest BCUT2D eigenvalue weighted by atomic mass is 16.3. The van der Waals surface area contributed by atoms with Crippen LogP contribution in [-0.2, 0) is 11.2 Å². The zero-order chi connectivity index (χ0) is 18.2. The first-order valence-electron chi connectivity index (χ1n) is 8.21. The summed E-state index contributed by atoms with van der Waals surface area (Å²) in [5, 5.41) is 27.7. The molecule has 0 saturated carbocycles. The number of aryl methyl sites for hydroxylation is 1. The van der Waals surface area contributed by atoms with E-state index in [4.69, 9.17) is 5.26 Å². The summed E-state index contributed by atoms with van der Waals surface area (Å²) < 4.78 is 0. The van der Waals surface area contributed by atoms with Crippen LogP contribution in [-0.4, -0.2) is 29.8 Å². The second-order valence-corrected chi connectivity index (χ2v) is 5.99. The van der Waals surface area contributed by atoms with Crippen molar-refractivity contribution >= 4 is 11.6 Å². The van der Waals surface area contributed by atoms with Gasteiger partial charge in [0.2, 0.25) is 5.91 Å². The molecule has 5 heteroatoms. The molecule has 1 unspecified atom stereocenters. The minimum Gasteiger partial charge on any atom is -0.508 e. The number of nitriles is 1. The molecule has 1 amide bonds. The van der Waals surface area contributed by atoms with Gasteiger partial charge < -0.3 is 15.1 Å². The van der Waals surface area contributed by atoms with Crippen LogP contribution in [0.2, 0.25) is 0 Å². The number of phenols is 1. The lowest BCUT2D eigenvalue weighted by atomic mass is 9.98. The number of phenolic OH excluding ortho intramolecular Hbond substituents is 1. The van der Waals surface area contributed by atoms with Crippen molar-refractivity contribution in [1.29, 1.82) is 5.26 Å². The first-order valence-corrected chi connectivity index (χ1v) is 8.21. The van der Waals surface area contributed by atoms with Crippen molar-refractivity contribution in [2.24, 2.45) is 5.92 Å². The minimum absolute atomic E-state index is 0.144. The maximum atomic E-state index is 12.6. The van der Waals surface area contributed by atoms with E-state index < -0.39 is 5.92 Å². The lowest BCUT2D eigenvalue weighted by Crippen LogP contribution is -2.34. The van der Waals surface area contributed by atoms with E-state index >= 15 is 0 Å². The van der Waals surface area contributed by atoms with Gasteiger partial charge in [0.05, 0.1) is 24.2 Å². The first-order chi connectivity index (χ1) is 12.0. The van der Waals surface area contributed by atoms with E-state index in [0.717, 1.165) is 18.4 Å². The van der Waals surface area contributed by atoms with Crippen LogP contribution < -0.4 is 4.90 Å². The summed E-state index contributed by atoms with van der Waals surface area (Å²) in [4.78, 5) is 14.1. The monoisotopic (exact) mass is 338 g/mol. The van der Waals surface area contributed by atoms with Gasteiger partial charge in [0, 0.05) is 12.7 Å². The fraction of sp³-hybridized carbons (Fsp3) is 0.300. The number of aromatic hydroxyl groups is 1. The number of carbonyl (C=O) groups is 1. The van der Waals surface area contributed by atoms with Crippen LogP contribution in [0.3, 0.4) is 0 Å². The van der Waals surface area contributed by atoms with Crippen LogP contribution in [0.1, 0.15) is 24.0 Å². The van der Waals surface area contributed by atoms with Crippen LogP contribution >= 0.6 is 0 Å². The highest BCUT2D eigenvalue weighted by Gasteiger charge is 2.22. The van der Waals surface area contributed by atoms with Crippen molar-refractivity contribution in [1.82, 2.24) is 0 Å². The number of benzene rings is 2. The molecule has 0 heterocycles. The smallest absolute Gasteiger partial charge is 0.232 e. The third-order valence-electron chi connectivity index (χ3n) is 4.24. The molecule has 0 saturated heterocycles. The molecule has 5 nitrogen and oxygen atoms in total. The Balaban J connectivity index is 1.90. The molecular weight excluding hydrogens is 316 g/mol. The van der Waals surface area contributed by atoms with Gasteiger partial charge in [-0.2, -0.15) is 5.26 Å². The summed E-state index contributed by atoms with van der Waals surface area (Å²) in [5.41, 5.74) is 2.41. The van der Waals surface area contributed by atoms with Crippen molar-refractivity contribution in [2.75, 3.05) is 18.6 Å². The highest BCUT2D eigenvalue weighted by Crippen LogP contribution is 2.21. The fourth-order valence-electron chi connectivity index (χ4n) is 2.67. The maximum absolute atomic E-state index is 12.6. The first kappa shape index (κ1) is 18.5. The zero-order valence-electron chi connectivity index (χ0n) is 14.2. The summed E-state index contributed by atoms with van der Waals surface area (Å²) in [6.45, 7) is -0.200. The van der Waals surface area contributed by atoms with Gasteiger partial charge in [-0.05, 0) is 61.2 Å². The van der Waals surface area contributed by atoms with Crippen LogP contribution in [0, 0.1) is 17.2 Å². The van der Waals surface area contributed by atoms with Gasteiger partial charge >= 0.3 is 0 Å². The molecule has 2 rings (SSSR count). The highest BCUT2D eigenvalue weighted by molar-refractivity contribution is 5.94. The van der Waals surface area contributed by atoms with E-state index in [1.165, 1.54) is 17.0 Å². The zero-order valence-corrected chi connectivity index (χ0v) is 14.2. The summed E-state index contributed by atoms with van der Waals surface area (Å²) in [6.07, 6.45) is 2.14. The number of aliphatic hydroxyl groups excluding tert-OH is 1. The summed E-state index contributed by atoms with van der Waals surface area (Å²) >= 11 is 0. The molecule has 0 fully saturated rings. The van der Waals surface area contributed by atoms with Crippen LogP contribution in [0.4, 0.5) is 5.69 Å². The number of hydrogen-bond acceptors (Lipinski definition) is 4. The molecule has 130 valence electrons. The van der Waals surface area contributed by atoms with Crippen LogP contribution in [0.5, 0.6) is 5.75 Å². The van der Waals surface area contributed by atoms with Gasteiger partial charge in [0.15, 0.2) is 0 Å². The molecule has 2 N–H and O–H groups in total. The lowest BCUT2D eigenvalue weighted by molar-refractivity contribution is -0.123. The van der Waals surface area contributed by atoms with E-state index in [1.807, 2.05) is 12.1 Å². The number of hydrogen-bond donors (Lipinski definition) is 2. The second kappa shape index (κ2) is 8.86. The number of carbonyl (C=O) groups excluding carboxylic acids is 1. The molecule has 0 aliphatic heterocycles. The SMILES string of the molecule is CN(C(=O)C(CO)CCCc1ccc(C#N)cc1)c1ccc(O)cc1. The molecule has 0 spiro atoms. The van der Waals surface area contributed by atoms with Crippen molar-refractivity contribution in [3.63, 3.8) is 0 Å². The Kier molecular flexibility index (Phi) is 6.55. The topological polar surface area (TPSA) is 84.6 Å². The van der Waals surface area contributed by atoms with E-state index in [9.17, 15) is 15.0 Å². The Hall–Kier alpha value is -2.84. The van der Waals surface area contributed by atoms with Crippen LogP contribution in [0.15, 0.2) is 48.5 Å². The number of anilines is 1. The Labute approximate surface area is 147 Å². The van der Waals surface area contributed by atoms with E-state index in [0.29, 0.717) is 17.7 Å². The molecule has 1 atom stereocenters. The molecule has 0 aliphatic rings. The van der Waals surface area contributed by atoms with Crippen molar-refractivity contribution in [3.05, 3.63) is 59.7 Å². The Morgan fingerprint density at radius 1 is 1.16 bits per heavy atom. The Morgan fingerprint density at radius 2 is 1.80 bits per heavy atom. The fourth-order valence-corrected chi connectivity index (χ4v) is 2.67. The Bertz CT molecular complexity index is 733. The van der Waals surface area contributed by atoms with Crippen molar-refractivity contribution in [2.45, 2.75) is 19.3 Å². The third-order valence-corrected chi connectivity index (χ3v) is 4.24. The van der Waals surface area contributed by atoms with E-state index in [2.05, 4.69) is 6.07 Å². The van der Waals surface area contributed by atoms with Gasteiger partial charge in [-0.25, -0.2) is 0 Å². The van der Waals surface area contributed by atoms with Gasteiger partial charge in [0.25, 0.3) is 0 Å². The molecule has 2 aromatic carbocycles. The summed E-state index contributed by atoms with van der Waals surface area (Å²) in [5.74, 6) is -0.462. The summed E-state index contributed by atoms with van der Waals surface area (Å²) in [7, 11) is 1.66. The minimum atomic E-state index is -0.461. The van der Waals surface area contributed by atoms with E-state index in [1.54, 1.807) is 31.3 Å². The largest absolute Gasteiger partial charge is 0.508 e. The third kappa shape index (κ3) is 5.07. The lowest BCUT2D eigenvalue weighted by Gasteiger charge is -2.22. The van der Waals surface area contributed by atoms with Gasteiger partial charge in [-0.15, -0.1) is 0 Å². The molecule has 0 aromatic heterocycles. The quantitative estimate of drug-likeness (QED) is 0.813. The van der Waals surface area contributed by atoms with Crippen molar-refractivity contribution < 1.29 is 15.0 Å². The van der Waals surface area contributed by atoms with Crippen LogP contribution in [0.25, 0.3) is 0 Å². The number of rotatable bonds is 7. The molecule has 2 aromatic rings. The number of aliphatic hydroxyl groups is 1. The summed E-state index contributed by atoms with van der Waals surface area (Å²) in [6, 6.07) is 15.9. The predicted octanol–water partition coefficient (Wildman–Crippen LogP) is 2.86. The van der Waals surface area contributed by atoms with Crippen molar-refractivity contribution in [3.8, 4) is 11.8 Å². The second-order valence-electron chi connectivity index (χ2n) is 5.99. The Morgan fingerprint density at radius 3 is 2.36 bits per heavy atom. The average Bonchev–Trinajstić information content (AvgIpc) is 2.65. The maximum Gasteiger partial charge on any atom is 0.232 e. The molecule has 0 bridgehead atoms. The van der Waals surface area contributed by atoms with Gasteiger partial charge in [-0.3, -0.25) is 4.79 Å². The number of nitrogens with zero attached hydrogens (tertiary/aromatic N) is 2. The van der Waals surface area contributed by atoms with Gasteiger partial charge in [-0.1, -0.05) is 12.1 Å². The molecule has 0 aliphatic carbocycles. The number of amides is 1. The standard InChI is InChI=1S/C20H22N2O3/c1-22(18-9-11-19(24)12-10-18)20(25)17(14-23)4-2-3-15-5-7-16(13-21)8-6-15/h5-12,17,23-24H,2-4,14H2,1H3. The predicted molar refractivity (Wildman–Crippen MR) is 96.2 cm³/mol. The average molecular weight is 338 g/mol. The normalized spacial score (nSPS) is 11.6. The molecule has 0 radical (unpaired) electrons. The van der Waals surface area contributed by atoms with E-state index in [-0.39, 0.29) is 18.3 Å². The molecule has 25 heavy (non-hydrogen) atoms. The van der Waals surface area contributed by atoms with Gasteiger partial charge in [0.1, 0.15) is 5.75 Å².